The quantitative estimate of drug-likeness (QED) is 0.458. The van der Waals surface area contributed by atoms with Crippen LogP contribution in [0.2, 0.25) is 0 Å². The molecule has 32 heavy (non-hydrogen) atoms. The van der Waals surface area contributed by atoms with E-state index < -0.39 is 15.9 Å². The average molecular weight is 452 g/mol. The number of para-hydroxylation sites is 1. The molecule has 0 bridgehead atoms. The van der Waals surface area contributed by atoms with Crippen molar-refractivity contribution in [3.8, 4) is 11.5 Å². The SMILES string of the molecule is CCOc1ccc(/C=C/C(=O)N(c2ccccc2)S(=O)(=O)c2ccc(C)cc2)cc1OC. The highest BCUT2D eigenvalue weighted by Gasteiger charge is 2.29. The van der Waals surface area contributed by atoms with Gasteiger partial charge in [0.1, 0.15) is 0 Å². The predicted octanol–water partition coefficient (Wildman–Crippen LogP) is 4.84. The molecule has 0 fully saturated rings. The van der Waals surface area contributed by atoms with Crippen LogP contribution in [0, 0.1) is 6.92 Å². The maximum absolute atomic E-state index is 13.3. The summed E-state index contributed by atoms with van der Waals surface area (Å²) in [5.74, 6) is 0.421. The van der Waals surface area contributed by atoms with Gasteiger partial charge in [0.2, 0.25) is 0 Å². The monoisotopic (exact) mass is 451 g/mol. The number of carbonyl (C=O) groups excluding carboxylic acids is 1. The van der Waals surface area contributed by atoms with Crippen molar-refractivity contribution >= 4 is 27.7 Å². The molecule has 3 aromatic carbocycles. The van der Waals surface area contributed by atoms with E-state index in [-0.39, 0.29) is 10.6 Å². The van der Waals surface area contributed by atoms with Gasteiger partial charge in [0.25, 0.3) is 15.9 Å². The van der Waals surface area contributed by atoms with Gasteiger partial charge in [0.15, 0.2) is 11.5 Å². The van der Waals surface area contributed by atoms with Gasteiger partial charge in [-0.05, 0) is 61.9 Å². The minimum Gasteiger partial charge on any atom is -0.493 e. The Labute approximate surface area is 188 Å². The lowest BCUT2D eigenvalue weighted by Crippen LogP contribution is -2.35. The highest BCUT2D eigenvalue weighted by molar-refractivity contribution is 7.93. The molecule has 0 atom stereocenters. The van der Waals surface area contributed by atoms with Crippen LogP contribution >= 0.6 is 0 Å². The standard InChI is InChI=1S/C25H25NO5S/c1-4-31-23-16-12-20(18-24(23)30-3)13-17-25(27)26(21-8-6-5-7-9-21)32(28,29)22-14-10-19(2)11-15-22/h5-18H,4H2,1-3H3/b17-13+. The Kier molecular flexibility index (Phi) is 7.33. The van der Waals surface area contributed by atoms with Gasteiger partial charge in [-0.15, -0.1) is 0 Å². The number of amides is 1. The first-order valence-corrected chi connectivity index (χ1v) is 11.5. The number of rotatable bonds is 8. The van der Waals surface area contributed by atoms with E-state index in [1.165, 1.54) is 25.3 Å². The minimum atomic E-state index is -4.11. The second kappa shape index (κ2) is 10.2. The molecule has 7 heteroatoms. The lowest BCUT2D eigenvalue weighted by Gasteiger charge is -2.21. The number of aryl methyl sites for hydroxylation is 1. The number of hydrogen-bond donors (Lipinski definition) is 0. The predicted molar refractivity (Wildman–Crippen MR) is 125 cm³/mol. The Morgan fingerprint density at radius 1 is 0.969 bits per heavy atom. The Bertz CT molecular complexity index is 1200. The summed E-state index contributed by atoms with van der Waals surface area (Å²) in [6.07, 6.45) is 2.77. The average Bonchev–Trinajstić information content (AvgIpc) is 2.79. The Morgan fingerprint density at radius 3 is 2.28 bits per heavy atom. The fourth-order valence-corrected chi connectivity index (χ4v) is 4.45. The molecular formula is C25H25NO5S. The number of sulfonamides is 1. The molecule has 166 valence electrons. The molecule has 6 nitrogen and oxygen atoms in total. The number of nitrogens with zero attached hydrogens (tertiary/aromatic N) is 1. The molecule has 0 saturated heterocycles. The van der Waals surface area contributed by atoms with Crippen molar-refractivity contribution in [3.05, 3.63) is 90.0 Å². The lowest BCUT2D eigenvalue weighted by atomic mass is 10.2. The maximum atomic E-state index is 13.3. The van der Waals surface area contributed by atoms with Gasteiger partial charge in [-0.1, -0.05) is 42.0 Å². The van der Waals surface area contributed by atoms with Gasteiger partial charge in [-0.2, -0.15) is 4.31 Å². The van der Waals surface area contributed by atoms with Crippen LogP contribution in [-0.4, -0.2) is 28.0 Å². The number of carbonyl (C=O) groups is 1. The lowest BCUT2D eigenvalue weighted by molar-refractivity contribution is -0.113. The summed E-state index contributed by atoms with van der Waals surface area (Å²) >= 11 is 0. The van der Waals surface area contributed by atoms with Gasteiger partial charge in [-0.3, -0.25) is 4.79 Å². The van der Waals surface area contributed by atoms with E-state index in [2.05, 4.69) is 0 Å². The van der Waals surface area contributed by atoms with Crippen LogP contribution in [0.3, 0.4) is 0 Å². The third-order valence-corrected chi connectivity index (χ3v) is 6.40. The molecule has 0 unspecified atom stereocenters. The Hall–Kier alpha value is -3.58. The Morgan fingerprint density at radius 2 is 1.66 bits per heavy atom. The van der Waals surface area contributed by atoms with E-state index in [0.717, 1.165) is 9.87 Å². The smallest absolute Gasteiger partial charge is 0.271 e. The summed E-state index contributed by atoms with van der Waals surface area (Å²) in [5, 5.41) is 0. The van der Waals surface area contributed by atoms with Crippen LogP contribution in [-0.2, 0) is 14.8 Å². The summed E-state index contributed by atoms with van der Waals surface area (Å²) in [5.41, 5.74) is 1.84. The minimum absolute atomic E-state index is 0.0384. The van der Waals surface area contributed by atoms with Gasteiger partial charge < -0.3 is 9.47 Å². The molecule has 0 radical (unpaired) electrons. The van der Waals surface area contributed by atoms with Crippen molar-refractivity contribution < 1.29 is 22.7 Å². The summed E-state index contributed by atoms with van der Waals surface area (Å²) in [6.45, 7) is 4.23. The number of ether oxygens (including phenoxy) is 2. The molecule has 0 saturated carbocycles. The third-order valence-electron chi connectivity index (χ3n) is 4.66. The molecule has 0 N–H and O–H groups in total. The summed E-state index contributed by atoms with van der Waals surface area (Å²) in [7, 11) is -2.58. The molecule has 3 aromatic rings. The van der Waals surface area contributed by atoms with Crippen molar-refractivity contribution in [1.82, 2.24) is 0 Å². The van der Waals surface area contributed by atoms with E-state index in [0.29, 0.717) is 23.7 Å². The fraction of sp³-hybridized carbons (Fsp3) is 0.160. The second-order valence-electron chi connectivity index (χ2n) is 6.93. The van der Waals surface area contributed by atoms with Crippen LogP contribution in [0.25, 0.3) is 6.08 Å². The first kappa shape index (κ1) is 23.1. The van der Waals surface area contributed by atoms with E-state index in [9.17, 15) is 13.2 Å². The van der Waals surface area contributed by atoms with Crippen LogP contribution in [0.15, 0.2) is 83.8 Å². The molecule has 1 amide bonds. The van der Waals surface area contributed by atoms with Gasteiger partial charge in [-0.25, -0.2) is 8.42 Å². The van der Waals surface area contributed by atoms with E-state index in [4.69, 9.17) is 9.47 Å². The summed E-state index contributed by atoms with van der Waals surface area (Å²) in [6, 6.07) is 19.9. The first-order valence-electron chi connectivity index (χ1n) is 10.1. The first-order chi connectivity index (χ1) is 15.4. The van der Waals surface area contributed by atoms with E-state index in [1.807, 2.05) is 13.8 Å². The number of methoxy groups -OCH3 is 1. The zero-order valence-corrected chi connectivity index (χ0v) is 19.0. The molecule has 0 aliphatic rings. The van der Waals surface area contributed by atoms with Crippen molar-refractivity contribution in [2.24, 2.45) is 0 Å². The van der Waals surface area contributed by atoms with Crippen molar-refractivity contribution in [1.29, 1.82) is 0 Å². The zero-order chi connectivity index (χ0) is 23.1. The van der Waals surface area contributed by atoms with Gasteiger partial charge >= 0.3 is 0 Å². The number of benzene rings is 3. The topological polar surface area (TPSA) is 72.9 Å². The van der Waals surface area contributed by atoms with Crippen molar-refractivity contribution in [2.75, 3.05) is 18.0 Å². The third kappa shape index (κ3) is 5.18. The van der Waals surface area contributed by atoms with Crippen LogP contribution in [0.4, 0.5) is 5.69 Å². The molecule has 0 heterocycles. The van der Waals surface area contributed by atoms with Crippen molar-refractivity contribution in [2.45, 2.75) is 18.7 Å². The van der Waals surface area contributed by atoms with Crippen LogP contribution in [0.5, 0.6) is 11.5 Å². The van der Waals surface area contributed by atoms with Gasteiger partial charge in [0.05, 0.1) is 24.3 Å². The molecule has 0 spiro atoms. The highest BCUT2D eigenvalue weighted by Crippen LogP contribution is 2.29. The summed E-state index contributed by atoms with van der Waals surface area (Å²) in [4.78, 5) is 13.2. The van der Waals surface area contributed by atoms with Crippen LogP contribution in [0.1, 0.15) is 18.1 Å². The largest absolute Gasteiger partial charge is 0.493 e. The van der Waals surface area contributed by atoms with Crippen LogP contribution < -0.4 is 13.8 Å². The van der Waals surface area contributed by atoms with E-state index >= 15 is 0 Å². The molecule has 0 aromatic heterocycles. The van der Waals surface area contributed by atoms with E-state index in [1.54, 1.807) is 66.7 Å². The maximum Gasteiger partial charge on any atom is 0.271 e. The normalized spacial score (nSPS) is 11.3. The number of anilines is 1. The molecule has 0 aliphatic heterocycles. The highest BCUT2D eigenvalue weighted by atomic mass is 32.2. The molecule has 0 aliphatic carbocycles. The summed E-state index contributed by atoms with van der Waals surface area (Å²) < 4.78 is 38.3. The Balaban J connectivity index is 1.97. The number of hydrogen-bond acceptors (Lipinski definition) is 5. The second-order valence-corrected chi connectivity index (χ2v) is 8.72. The zero-order valence-electron chi connectivity index (χ0n) is 18.2. The fourth-order valence-electron chi connectivity index (χ4n) is 3.06. The van der Waals surface area contributed by atoms with Gasteiger partial charge in [0, 0.05) is 6.08 Å². The van der Waals surface area contributed by atoms with Crippen molar-refractivity contribution in [3.63, 3.8) is 0 Å². The molecular weight excluding hydrogens is 426 g/mol. The molecule has 3 rings (SSSR count).